The maximum atomic E-state index is 11.6. The molecule has 0 aromatic carbocycles. The molecule has 0 saturated carbocycles. The van der Waals surface area contributed by atoms with Crippen LogP contribution in [0.25, 0.3) is 0 Å². The van der Waals surface area contributed by atoms with Crippen LogP contribution in [0, 0.1) is 5.92 Å². The smallest absolute Gasteiger partial charge is 0.239 e. The molecule has 0 bridgehead atoms. The molecule has 0 aliphatic heterocycles. The van der Waals surface area contributed by atoms with Gasteiger partial charge in [0.2, 0.25) is 5.91 Å². The van der Waals surface area contributed by atoms with Gasteiger partial charge in [0.15, 0.2) is 0 Å². The van der Waals surface area contributed by atoms with Crippen LogP contribution >= 0.6 is 0 Å². The van der Waals surface area contributed by atoms with Gasteiger partial charge in [-0.2, -0.15) is 0 Å². The molecule has 0 saturated heterocycles. The quantitative estimate of drug-likeness (QED) is 0.669. The molecular weight excluding hydrogens is 180 g/mol. The summed E-state index contributed by atoms with van der Waals surface area (Å²) in [5.41, 5.74) is 5.72. The van der Waals surface area contributed by atoms with E-state index < -0.39 is 12.1 Å². The lowest BCUT2D eigenvalue weighted by Gasteiger charge is -2.23. The number of carbonyl (C=O) groups excluding carboxylic acids is 1. The third-order valence-corrected chi connectivity index (χ3v) is 1.96. The molecular formula is C10H22N2O2. The molecule has 4 nitrogen and oxygen atoms in total. The first-order valence-electron chi connectivity index (χ1n) is 5.03. The number of nitrogens with two attached hydrogens (primary N) is 1. The first-order valence-corrected chi connectivity index (χ1v) is 5.03. The summed E-state index contributed by atoms with van der Waals surface area (Å²) >= 11 is 0. The maximum Gasteiger partial charge on any atom is 0.239 e. The molecule has 3 N–H and O–H groups in total. The molecule has 0 heterocycles. The van der Waals surface area contributed by atoms with E-state index in [0.717, 1.165) is 0 Å². The fourth-order valence-corrected chi connectivity index (χ4v) is 1.38. The number of hydrogen-bond acceptors (Lipinski definition) is 3. The highest BCUT2D eigenvalue weighted by molar-refractivity contribution is 5.81. The van der Waals surface area contributed by atoms with Crippen molar-refractivity contribution < 1.29 is 9.90 Å². The maximum absolute atomic E-state index is 11.6. The lowest BCUT2D eigenvalue weighted by Crippen LogP contribution is -2.44. The molecule has 14 heavy (non-hydrogen) atoms. The second kappa shape index (κ2) is 5.98. The van der Waals surface area contributed by atoms with E-state index in [9.17, 15) is 4.79 Å². The summed E-state index contributed by atoms with van der Waals surface area (Å²) in [5.74, 6) is 0.313. The number of nitrogens with zero attached hydrogens (tertiary/aromatic N) is 1. The van der Waals surface area contributed by atoms with Crippen molar-refractivity contribution in [2.45, 2.75) is 39.3 Å². The predicted molar refractivity (Wildman–Crippen MR) is 56.7 cm³/mol. The van der Waals surface area contributed by atoms with E-state index in [1.54, 1.807) is 14.0 Å². The van der Waals surface area contributed by atoms with Gasteiger partial charge in [-0.3, -0.25) is 4.79 Å². The zero-order valence-electron chi connectivity index (χ0n) is 9.53. The molecule has 0 aliphatic carbocycles. The zero-order valence-corrected chi connectivity index (χ0v) is 9.53. The highest BCUT2D eigenvalue weighted by atomic mass is 16.3. The SMILES string of the molecule is CC(C)C[C@H](N)C(=O)N(C)CC(C)O. The van der Waals surface area contributed by atoms with Crippen molar-refractivity contribution in [1.82, 2.24) is 4.90 Å². The van der Waals surface area contributed by atoms with Crippen molar-refractivity contribution in [3.8, 4) is 0 Å². The Kier molecular flexibility index (Phi) is 5.72. The first kappa shape index (κ1) is 13.4. The van der Waals surface area contributed by atoms with E-state index in [1.165, 1.54) is 4.90 Å². The lowest BCUT2D eigenvalue weighted by molar-refractivity contribution is -0.132. The van der Waals surface area contributed by atoms with Gasteiger partial charge in [-0.1, -0.05) is 13.8 Å². The van der Waals surface area contributed by atoms with Gasteiger partial charge >= 0.3 is 0 Å². The fourth-order valence-electron chi connectivity index (χ4n) is 1.38. The van der Waals surface area contributed by atoms with Crippen LogP contribution in [-0.2, 0) is 4.79 Å². The van der Waals surface area contributed by atoms with Crippen LogP contribution in [0.15, 0.2) is 0 Å². The summed E-state index contributed by atoms with van der Waals surface area (Å²) in [6.45, 7) is 6.05. The lowest BCUT2D eigenvalue weighted by atomic mass is 10.0. The summed E-state index contributed by atoms with van der Waals surface area (Å²) in [5, 5.41) is 9.10. The zero-order chi connectivity index (χ0) is 11.3. The Hall–Kier alpha value is -0.610. The van der Waals surface area contributed by atoms with Crippen molar-refractivity contribution in [3.63, 3.8) is 0 Å². The number of carbonyl (C=O) groups is 1. The Morgan fingerprint density at radius 2 is 1.93 bits per heavy atom. The third kappa shape index (κ3) is 5.19. The molecule has 0 aromatic rings. The molecule has 0 spiro atoms. The minimum Gasteiger partial charge on any atom is -0.392 e. The van der Waals surface area contributed by atoms with Crippen molar-refractivity contribution in [1.29, 1.82) is 0 Å². The Bertz CT molecular complexity index is 163. The van der Waals surface area contributed by atoms with Crippen molar-refractivity contribution in [3.05, 3.63) is 0 Å². The number of amides is 1. The highest BCUT2D eigenvalue weighted by Crippen LogP contribution is 2.05. The number of aliphatic hydroxyl groups is 1. The van der Waals surface area contributed by atoms with E-state index >= 15 is 0 Å². The van der Waals surface area contributed by atoms with Gasteiger partial charge in [0.05, 0.1) is 12.1 Å². The fraction of sp³-hybridized carbons (Fsp3) is 0.900. The Morgan fingerprint density at radius 3 is 2.29 bits per heavy atom. The number of rotatable bonds is 5. The Morgan fingerprint density at radius 1 is 1.43 bits per heavy atom. The van der Waals surface area contributed by atoms with Crippen LogP contribution in [0.2, 0.25) is 0 Å². The third-order valence-electron chi connectivity index (χ3n) is 1.96. The Labute approximate surface area is 86.1 Å². The Balaban J connectivity index is 4.04. The minimum absolute atomic E-state index is 0.0976. The molecule has 0 rings (SSSR count). The van der Waals surface area contributed by atoms with Crippen LogP contribution in [-0.4, -0.2) is 41.7 Å². The molecule has 0 radical (unpaired) electrons. The van der Waals surface area contributed by atoms with Gasteiger partial charge in [-0.15, -0.1) is 0 Å². The van der Waals surface area contributed by atoms with Gasteiger partial charge < -0.3 is 15.7 Å². The summed E-state index contributed by atoms with van der Waals surface area (Å²) < 4.78 is 0. The van der Waals surface area contributed by atoms with E-state index in [4.69, 9.17) is 10.8 Å². The molecule has 4 heteroatoms. The molecule has 0 aliphatic rings. The summed E-state index contributed by atoms with van der Waals surface area (Å²) in [4.78, 5) is 13.1. The van der Waals surface area contributed by atoms with Crippen LogP contribution < -0.4 is 5.73 Å². The van der Waals surface area contributed by atoms with Gasteiger partial charge in [-0.05, 0) is 19.3 Å². The average molecular weight is 202 g/mol. The molecule has 0 aromatic heterocycles. The van der Waals surface area contributed by atoms with Gasteiger partial charge in [-0.25, -0.2) is 0 Å². The second-order valence-corrected chi connectivity index (χ2v) is 4.30. The van der Waals surface area contributed by atoms with Crippen LogP contribution in [0.5, 0.6) is 0 Å². The monoisotopic (exact) mass is 202 g/mol. The summed E-state index contributed by atoms with van der Waals surface area (Å²) in [7, 11) is 1.66. The number of aliphatic hydroxyl groups excluding tert-OH is 1. The van der Waals surface area contributed by atoms with Crippen LogP contribution in [0.1, 0.15) is 27.2 Å². The second-order valence-electron chi connectivity index (χ2n) is 4.30. The van der Waals surface area contributed by atoms with Crippen molar-refractivity contribution in [2.24, 2.45) is 11.7 Å². The minimum atomic E-state index is -0.504. The van der Waals surface area contributed by atoms with E-state index in [0.29, 0.717) is 18.9 Å². The highest BCUT2D eigenvalue weighted by Gasteiger charge is 2.19. The molecule has 1 unspecified atom stereocenters. The van der Waals surface area contributed by atoms with E-state index in [1.807, 2.05) is 13.8 Å². The van der Waals surface area contributed by atoms with Crippen molar-refractivity contribution in [2.75, 3.05) is 13.6 Å². The van der Waals surface area contributed by atoms with Crippen LogP contribution in [0.4, 0.5) is 0 Å². The standard InChI is InChI=1S/C10H22N2O2/c1-7(2)5-9(11)10(14)12(4)6-8(3)13/h7-9,13H,5-6,11H2,1-4H3/t8?,9-/m0/s1. The number of likely N-dealkylation sites (N-methyl/N-ethyl adjacent to an activating group) is 1. The molecule has 1 amide bonds. The largest absolute Gasteiger partial charge is 0.392 e. The first-order chi connectivity index (χ1) is 6.34. The summed E-state index contributed by atoms with van der Waals surface area (Å²) in [6.07, 6.45) is 0.179. The van der Waals surface area contributed by atoms with E-state index in [-0.39, 0.29) is 5.91 Å². The summed E-state index contributed by atoms with van der Waals surface area (Å²) in [6, 6.07) is -0.446. The molecule has 0 fully saturated rings. The van der Waals surface area contributed by atoms with Gasteiger partial charge in [0, 0.05) is 13.6 Å². The normalized spacial score (nSPS) is 15.4. The topological polar surface area (TPSA) is 66.6 Å². The van der Waals surface area contributed by atoms with E-state index in [2.05, 4.69) is 0 Å². The number of hydrogen-bond donors (Lipinski definition) is 2. The van der Waals surface area contributed by atoms with Gasteiger partial charge in [0.25, 0.3) is 0 Å². The average Bonchev–Trinajstić information content (AvgIpc) is 2.00. The predicted octanol–water partition coefficient (Wildman–Crippen LogP) is 0.199. The molecule has 2 atom stereocenters. The van der Waals surface area contributed by atoms with Gasteiger partial charge in [0.1, 0.15) is 0 Å². The van der Waals surface area contributed by atoms with Crippen LogP contribution in [0.3, 0.4) is 0 Å². The molecule has 84 valence electrons. The van der Waals surface area contributed by atoms with Crippen molar-refractivity contribution >= 4 is 5.91 Å².